The minimum absolute atomic E-state index is 0.0461. The summed E-state index contributed by atoms with van der Waals surface area (Å²) in [5.74, 6) is 0.0461. The SMILES string of the molecule is NS(=O)(=O)c1ccc2c(c1)CCN2C(=O)CN1CCCN(c2nccs2)CC1. The van der Waals surface area contributed by atoms with Crippen LogP contribution in [-0.2, 0) is 21.2 Å². The maximum absolute atomic E-state index is 12.9. The van der Waals surface area contributed by atoms with Gasteiger partial charge in [0.05, 0.1) is 11.4 Å². The molecule has 4 rings (SSSR count). The third kappa shape index (κ3) is 4.04. The van der Waals surface area contributed by atoms with Crippen molar-refractivity contribution in [3.63, 3.8) is 0 Å². The molecule has 0 radical (unpaired) electrons. The number of nitrogens with two attached hydrogens (primary N) is 1. The van der Waals surface area contributed by atoms with Gasteiger partial charge in [0.25, 0.3) is 0 Å². The highest BCUT2D eigenvalue weighted by atomic mass is 32.2. The number of anilines is 2. The van der Waals surface area contributed by atoms with Gasteiger partial charge in [-0.15, -0.1) is 11.3 Å². The molecule has 2 aliphatic heterocycles. The van der Waals surface area contributed by atoms with Gasteiger partial charge in [-0.3, -0.25) is 9.69 Å². The van der Waals surface area contributed by atoms with Gasteiger partial charge in [0, 0.05) is 50.0 Å². The van der Waals surface area contributed by atoms with E-state index in [0.717, 1.165) is 49.0 Å². The molecule has 1 saturated heterocycles. The van der Waals surface area contributed by atoms with Crippen molar-refractivity contribution in [1.29, 1.82) is 0 Å². The molecule has 3 heterocycles. The zero-order valence-electron chi connectivity index (χ0n) is 15.5. The zero-order chi connectivity index (χ0) is 19.7. The molecule has 0 aliphatic carbocycles. The van der Waals surface area contributed by atoms with Crippen LogP contribution in [0.15, 0.2) is 34.7 Å². The van der Waals surface area contributed by atoms with Gasteiger partial charge in [-0.2, -0.15) is 0 Å². The van der Waals surface area contributed by atoms with E-state index in [9.17, 15) is 13.2 Å². The molecule has 1 aromatic carbocycles. The van der Waals surface area contributed by atoms with Gasteiger partial charge in [-0.25, -0.2) is 18.5 Å². The lowest BCUT2D eigenvalue weighted by atomic mass is 10.2. The van der Waals surface area contributed by atoms with E-state index in [4.69, 9.17) is 5.14 Å². The highest BCUT2D eigenvalue weighted by Gasteiger charge is 2.28. The van der Waals surface area contributed by atoms with E-state index in [-0.39, 0.29) is 10.8 Å². The summed E-state index contributed by atoms with van der Waals surface area (Å²) in [5.41, 5.74) is 1.64. The fourth-order valence-corrected chi connectivity index (χ4v) is 5.04. The van der Waals surface area contributed by atoms with Crippen molar-refractivity contribution in [1.82, 2.24) is 9.88 Å². The van der Waals surface area contributed by atoms with E-state index in [0.29, 0.717) is 19.5 Å². The smallest absolute Gasteiger partial charge is 0.241 e. The molecule has 0 unspecified atom stereocenters. The van der Waals surface area contributed by atoms with Crippen molar-refractivity contribution < 1.29 is 13.2 Å². The molecule has 1 amide bonds. The predicted octanol–water partition coefficient (Wildman–Crippen LogP) is 0.892. The molecule has 0 bridgehead atoms. The second kappa shape index (κ2) is 7.78. The minimum Gasteiger partial charge on any atom is -0.347 e. The van der Waals surface area contributed by atoms with E-state index >= 15 is 0 Å². The summed E-state index contributed by atoms with van der Waals surface area (Å²) in [7, 11) is -3.73. The Morgan fingerprint density at radius 2 is 2.04 bits per heavy atom. The van der Waals surface area contributed by atoms with E-state index < -0.39 is 10.0 Å². The van der Waals surface area contributed by atoms with Crippen LogP contribution in [0.5, 0.6) is 0 Å². The Kier molecular flexibility index (Phi) is 5.37. The van der Waals surface area contributed by atoms with Gasteiger partial charge < -0.3 is 9.80 Å². The molecular weight excluding hydrogens is 398 g/mol. The van der Waals surface area contributed by atoms with E-state index in [1.165, 1.54) is 6.07 Å². The van der Waals surface area contributed by atoms with Crippen molar-refractivity contribution >= 4 is 38.1 Å². The fraction of sp³-hybridized carbons (Fsp3) is 0.444. The summed E-state index contributed by atoms with van der Waals surface area (Å²) in [6, 6.07) is 4.74. The third-order valence-electron chi connectivity index (χ3n) is 5.21. The van der Waals surface area contributed by atoms with Crippen molar-refractivity contribution in [2.24, 2.45) is 5.14 Å². The van der Waals surface area contributed by atoms with Crippen molar-refractivity contribution in [3.05, 3.63) is 35.3 Å². The lowest BCUT2D eigenvalue weighted by molar-refractivity contribution is -0.119. The number of thiazole rings is 1. The van der Waals surface area contributed by atoms with Gasteiger partial charge >= 0.3 is 0 Å². The van der Waals surface area contributed by atoms with E-state index in [2.05, 4.69) is 14.8 Å². The van der Waals surface area contributed by atoms with Crippen LogP contribution >= 0.6 is 11.3 Å². The predicted molar refractivity (Wildman–Crippen MR) is 109 cm³/mol. The Hall–Kier alpha value is -2.01. The van der Waals surface area contributed by atoms with Gasteiger partial charge in [0.15, 0.2) is 5.13 Å². The van der Waals surface area contributed by atoms with Crippen molar-refractivity contribution in [2.75, 3.05) is 49.1 Å². The molecule has 0 atom stereocenters. The summed E-state index contributed by atoms with van der Waals surface area (Å²) >= 11 is 1.64. The molecular formula is C18H23N5O3S2. The van der Waals surface area contributed by atoms with Crippen LogP contribution in [0.1, 0.15) is 12.0 Å². The van der Waals surface area contributed by atoms with Crippen LogP contribution in [0.3, 0.4) is 0 Å². The Balaban J connectivity index is 1.40. The van der Waals surface area contributed by atoms with Gasteiger partial charge in [-0.05, 0) is 36.6 Å². The molecule has 0 saturated carbocycles. The van der Waals surface area contributed by atoms with Crippen LogP contribution in [-0.4, -0.2) is 63.5 Å². The number of primary sulfonamides is 1. The number of nitrogens with zero attached hydrogens (tertiary/aromatic N) is 4. The lowest BCUT2D eigenvalue weighted by Gasteiger charge is -2.24. The first-order chi connectivity index (χ1) is 13.4. The highest BCUT2D eigenvalue weighted by molar-refractivity contribution is 7.89. The summed E-state index contributed by atoms with van der Waals surface area (Å²) < 4.78 is 23.1. The number of benzene rings is 1. The first-order valence-corrected chi connectivity index (χ1v) is 11.7. The van der Waals surface area contributed by atoms with Crippen LogP contribution in [0, 0.1) is 0 Å². The molecule has 1 fully saturated rings. The van der Waals surface area contributed by atoms with Crippen LogP contribution in [0.4, 0.5) is 10.8 Å². The number of fused-ring (bicyclic) bond motifs is 1. The Labute approximate surface area is 168 Å². The number of carbonyl (C=O) groups excluding carboxylic acids is 1. The zero-order valence-corrected chi connectivity index (χ0v) is 17.1. The Bertz CT molecular complexity index is 962. The largest absolute Gasteiger partial charge is 0.347 e. The summed E-state index contributed by atoms with van der Waals surface area (Å²) in [6.45, 7) is 4.43. The third-order valence-corrected chi connectivity index (χ3v) is 6.96. The van der Waals surface area contributed by atoms with Gasteiger partial charge in [-0.1, -0.05) is 0 Å². The summed E-state index contributed by atoms with van der Waals surface area (Å²) in [6.07, 6.45) is 3.45. The Morgan fingerprint density at radius 3 is 2.79 bits per heavy atom. The average Bonchev–Trinajstić information content (AvgIpc) is 3.27. The molecule has 2 aromatic rings. The number of hydrogen-bond donors (Lipinski definition) is 1. The lowest BCUT2D eigenvalue weighted by Crippen LogP contribution is -2.41. The molecule has 2 aliphatic rings. The van der Waals surface area contributed by atoms with Crippen molar-refractivity contribution in [2.45, 2.75) is 17.7 Å². The highest BCUT2D eigenvalue weighted by Crippen LogP contribution is 2.30. The molecule has 150 valence electrons. The molecule has 1 aromatic heterocycles. The fourth-order valence-electron chi connectivity index (χ4n) is 3.78. The van der Waals surface area contributed by atoms with Gasteiger partial charge in [0.2, 0.25) is 15.9 Å². The Morgan fingerprint density at radius 1 is 1.18 bits per heavy atom. The second-order valence-electron chi connectivity index (χ2n) is 7.06. The topological polar surface area (TPSA) is 99.8 Å². The molecule has 8 nitrogen and oxygen atoms in total. The summed E-state index contributed by atoms with van der Waals surface area (Å²) in [5, 5.41) is 8.22. The van der Waals surface area contributed by atoms with Crippen LogP contribution < -0.4 is 14.9 Å². The number of rotatable bonds is 4. The number of amides is 1. The number of sulfonamides is 1. The van der Waals surface area contributed by atoms with Crippen LogP contribution in [0.2, 0.25) is 0 Å². The van der Waals surface area contributed by atoms with Crippen molar-refractivity contribution in [3.8, 4) is 0 Å². The first-order valence-electron chi connectivity index (χ1n) is 9.25. The average molecular weight is 422 g/mol. The normalized spacial score (nSPS) is 18.2. The van der Waals surface area contributed by atoms with Crippen LogP contribution in [0.25, 0.3) is 0 Å². The second-order valence-corrected chi connectivity index (χ2v) is 9.50. The van der Waals surface area contributed by atoms with E-state index in [1.807, 2.05) is 11.6 Å². The number of carbonyl (C=O) groups is 1. The number of aromatic nitrogens is 1. The molecule has 10 heteroatoms. The summed E-state index contributed by atoms with van der Waals surface area (Å²) in [4.78, 5) is 23.6. The molecule has 0 spiro atoms. The maximum atomic E-state index is 12.9. The van der Waals surface area contributed by atoms with Gasteiger partial charge in [0.1, 0.15) is 0 Å². The maximum Gasteiger partial charge on any atom is 0.241 e. The van der Waals surface area contributed by atoms with E-state index in [1.54, 1.807) is 28.4 Å². The number of hydrogen-bond acceptors (Lipinski definition) is 7. The molecule has 28 heavy (non-hydrogen) atoms. The minimum atomic E-state index is -3.73. The molecule has 2 N–H and O–H groups in total. The standard InChI is InChI=1S/C18H23N5O3S2/c19-28(25,26)15-2-3-16-14(12-15)4-8-23(16)17(24)13-21-6-1-7-22(10-9-21)18-20-5-11-27-18/h2-3,5,11-12H,1,4,6-10,13H2,(H2,19,25,26). The quantitative estimate of drug-likeness (QED) is 0.787. The first kappa shape index (κ1) is 19.3. The monoisotopic (exact) mass is 421 g/mol.